The van der Waals surface area contributed by atoms with Crippen molar-refractivity contribution in [2.75, 3.05) is 6.54 Å². The van der Waals surface area contributed by atoms with Gasteiger partial charge in [-0.2, -0.15) is 0 Å². The number of likely N-dealkylation sites (tertiary alicyclic amines) is 1. The Kier molecular flexibility index (Phi) is 4.93. The van der Waals surface area contributed by atoms with E-state index in [0.717, 1.165) is 18.4 Å². The van der Waals surface area contributed by atoms with E-state index in [-0.39, 0.29) is 5.56 Å². The lowest BCUT2D eigenvalue weighted by Crippen LogP contribution is -2.49. The van der Waals surface area contributed by atoms with Crippen LogP contribution in [0.1, 0.15) is 50.2 Å². The molecule has 1 fully saturated rings. The first-order valence-corrected chi connectivity index (χ1v) is 7.35. The van der Waals surface area contributed by atoms with Crippen molar-refractivity contribution >= 4 is 5.97 Å². The fraction of sp³-hybridized carbons (Fsp3) is 0.562. The molecule has 2 rings (SSSR count). The molecule has 0 saturated carbocycles. The molecular weight excluding hydrogens is 276 g/mol. The zero-order chi connectivity index (χ0) is 15.5. The molecule has 1 atom stereocenters. The van der Waals surface area contributed by atoms with Crippen LogP contribution in [0, 0.1) is 0 Å². The minimum absolute atomic E-state index is 0.0110. The number of hydrogen-bond donors (Lipinski definition) is 1. The summed E-state index contributed by atoms with van der Waals surface area (Å²) < 4.78 is 25.5. The van der Waals surface area contributed by atoms with Gasteiger partial charge < -0.3 is 5.11 Å². The Hall–Kier alpha value is -1.49. The number of alkyl halides is 2. The lowest BCUT2D eigenvalue weighted by atomic mass is 9.90. The lowest BCUT2D eigenvalue weighted by molar-refractivity contribution is -0.150. The molecule has 0 amide bonds. The first-order chi connectivity index (χ1) is 9.99. The third-order valence-corrected chi connectivity index (χ3v) is 4.26. The smallest absolute Gasteiger partial charge is 0.324 e. The van der Waals surface area contributed by atoms with Gasteiger partial charge in [0.2, 0.25) is 0 Å². The van der Waals surface area contributed by atoms with Crippen molar-refractivity contribution in [1.82, 2.24) is 4.90 Å². The Morgan fingerprint density at radius 3 is 2.86 bits per heavy atom. The van der Waals surface area contributed by atoms with E-state index in [2.05, 4.69) is 0 Å². The largest absolute Gasteiger partial charge is 0.480 e. The summed E-state index contributed by atoms with van der Waals surface area (Å²) in [7, 11) is 0. The van der Waals surface area contributed by atoms with Gasteiger partial charge in [0.15, 0.2) is 0 Å². The molecule has 0 aromatic heterocycles. The molecule has 1 aliphatic heterocycles. The van der Waals surface area contributed by atoms with Crippen molar-refractivity contribution in [3.05, 3.63) is 35.4 Å². The number of halogens is 2. The molecular formula is C16H21F2NO2. The van der Waals surface area contributed by atoms with Crippen molar-refractivity contribution in [3.63, 3.8) is 0 Å². The van der Waals surface area contributed by atoms with Gasteiger partial charge in [-0.3, -0.25) is 9.69 Å². The van der Waals surface area contributed by atoms with Crippen LogP contribution in [0.4, 0.5) is 8.78 Å². The van der Waals surface area contributed by atoms with Crippen LogP contribution in [0.5, 0.6) is 0 Å². The maximum Gasteiger partial charge on any atom is 0.324 e. The second kappa shape index (κ2) is 6.52. The van der Waals surface area contributed by atoms with Crippen LogP contribution < -0.4 is 0 Å². The van der Waals surface area contributed by atoms with E-state index in [1.54, 1.807) is 12.1 Å². The Labute approximate surface area is 123 Å². The van der Waals surface area contributed by atoms with E-state index in [4.69, 9.17) is 0 Å². The lowest BCUT2D eigenvalue weighted by Gasteiger charge is -2.34. The van der Waals surface area contributed by atoms with Crippen LogP contribution >= 0.6 is 0 Å². The summed E-state index contributed by atoms with van der Waals surface area (Å²) in [5.41, 5.74) is -0.102. The minimum Gasteiger partial charge on any atom is -0.480 e. The van der Waals surface area contributed by atoms with Crippen LogP contribution in [0.15, 0.2) is 24.3 Å². The molecule has 116 valence electrons. The van der Waals surface area contributed by atoms with E-state index >= 15 is 0 Å². The number of hydrogen-bond acceptors (Lipinski definition) is 2. The Morgan fingerprint density at radius 1 is 1.48 bits per heavy atom. The summed E-state index contributed by atoms with van der Waals surface area (Å²) in [6.07, 6.45) is 0.353. The summed E-state index contributed by atoms with van der Waals surface area (Å²) in [4.78, 5) is 13.7. The minimum atomic E-state index is -2.50. The predicted molar refractivity (Wildman–Crippen MR) is 76.3 cm³/mol. The highest BCUT2D eigenvalue weighted by molar-refractivity contribution is 5.79. The van der Waals surface area contributed by atoms with Gasteiger partial charge in [0.1, 0.15) is 5.54 Å². The van der Waals surface area contributed by atoms with Gasteiger partial charge in [-0.1, -0.05) is 31.5 Å². The van der Waals surface area contributed by atoms with Crippen molar-refractivity contribution in [1.29, 1.82) is 0 Å². The molecule has 5 heteroatoms. The fourth-order valence-electron chi connectivity index (χ4n) is 3.26. The average Bonchev–Trinajstić information content (AvgIpc) is 2.84. The normalized spacial score (nSPS) is 22.9. The third-order valence-electron chi connectivity index (χ3n) is 4.26. The zero-order valence-corrected chi connectivity index (χ0v) is 12.2. The topological polar surface area (TPSA) is 40.5 Å². The van der Waals surface area contributed by atoms with Crippen LogP contribution in [0.3, 0.4) is 0 Å². The summed E-state index contributed by atoms with van der Waals surface area (Å²) in [6.45, 7) is 3.08. The van der Waals surface area contributed by atoms with E-state index in [1.807, 2.05) is 11.8 Å². The summed E-state index contributed by atoms with van der Waals surface area (Å²) >= 11 is 0. The molecule has 1 N–H and O–H groups in total. The first-order valence-electron chi connectivity index (χ1n) is 7.35. The SMILES string of the molecule is CCCC1(C(=O)O)CCCN1Cc1cccc(C(F)F)c1. The van der Waals surface area contributed by atoms with E-state index < -0.39 is 17.9 Å². The second-order valence-corrected chi connectivity index (χ2v) is 5.66. The van der Waals surface area contributed by atoms with Crippen molar-refractivity contribution in [3.8, 4) is 0 Å². The number of benzene rings is 1. The molecule has 3 nitrogen and oxygen atoms in total. The van der Waals surface area contributed by atoms with Crippen molar-refractivity contribution in [2.45, 2.75) is 51.1 Å². The van der Waals surface area contributed by atoms with E-state index in [0.29, 0.717) is 25.9 Å². The number of carboxylic acids is 1. The molecule has 1 saturated heterocycles. The van der Waals surface area contributed by atoms with Gasteiger partial charge in [-0.25, -0.2) is 8.78 Å². The average molecular weight is 297 g/mol. The third kappa shape index (κ3) is 3.23. The monoisotopic (exact) mass is 297 g/mol. The standard InChI is InChI=1S/C16H21F2NO2/c1-2-7-16(15(20)21)8-4-9-19(16)11-12-5-3-6-13(10-12)14(17)18/h3,5-6,10,14H,2,4,7-9,11H2,1H3,(H,20,21). The van der Waals surface area contributed by atoms with Crippen LogP contribution in [0.25, 0.3) is 0 Å². The molecule has 0 bridgehead atoms. The van der Waals surface area contributed by atoms with Crippen molar-refractivity contribution < 1.29 is 18.7 Å². The Morgan fingerprint density at radius 2 is 2.24 bits per heavy atom. The van der Waals surface area contributed by atoms with Gasteiger partial charge in [0.05, 0.1) is 0 Å². The molecule has 1 aromatic carbocycles. The number of nitrogens with zero attached hydrogens (tertiary/aromatic N) is 1. The molecule has 0 radical (unpaired) electrons. The summed E-state index contributed by atoms with van der Waals surface area (Å²) in [6, 6.07) is 6.26. The fourth-order valence-corrected chi connectivity index (χ4v) is 3.26. The van der Waals surface area contributed by atoms with Crippen LogP contribution in [0.2, 0.25) is 0 Å². The maximum atomic E-state index is 12.8. The predicted octanol–water partition coefficient (Wildman–Crippen LogP) is 3.84. The molecule has 1 heterocycles. The Balaban J connectivity index is 2.21. The van der Waals surface area contributed by atoms with Gasteiger partial charge in [0, 0.05) is 12.1 Å². The molecule has 0 aliphatic carbocycles. The number of carboxylic acid groups (broad SMARTS) is 1. The molecule has 1 aliphatic rings. The summed E-state index contributed by atoms with van der Waals surface area (Å²) in [5.74, 6) is -0.799. The first kappa shape index (κ1) is 15.9. The number of rotatable bonds is 6. The highest BCUT2D eigenvalue weighted by Crippen LogP contribution is 2.35. The van der Waals surface area contributed by atoms with Gasteiger partial charge in [-0.15, -0.1) is 0 Å². The molecule has 21 heavy (non-hydrogen) atoms. The van der Waals surface area contributed by atoms with E-state index in [9.17, 15) is 18.7 Å². The Bertz CT molecular complexity index is 507. The highest BCUT2D eigenvalue weighted by atomic mass is 19.3. The van der Waals surface area contributed by atoms with Gasteiger partial charge in [-0.05, 0) is 37.4 Å². The highest BCUT2D eigenvalue weighted by Gasteiger charge is 2.46. The van der Waals surface area contributed by atoms with Crippen LogP contribution in [-0.4, -0.2) is 28.1 Å². The maximum absolute atomic E-state index is 12.8. The summed E-state index contributed by atoms with van der Waals surface area (Å²) in [5, 5.41) is 9.62. The second-order valence-electron chi connectivity index (χ2n) is 5.66. The molecule has 0 spiro atoms. The van der Waals surface area contributed by atoms with Crippen LogP contribution in [-0.2, 0) is 11.3 Å². The quantitative estimate of drug-likeness (QED) is 0.867. The number of carbonyl (C=O) groups is 1. The number of aliphatic carboxylic acids is 1. The molecule has 1 unspecified atom stereocenters. The van der Waals surface area contributed by atoms with Crippen molar-refractivity contribution in [2.24, 2.45) is 0 Å². The van der Waals surface area contributed by atoms with Gasteiger partial charge in [0.25, 0.3) is 6.43 Å². The zero-order valence-electron chi connectivity index (χ0n) is 12.2. The van der Waals surface area contributed by atoms with Gasteiger partial charge >= 0.3 is 5.97 Å². The van der Waals surface area contributed by atoms with E-state index in [1.165, 1.54) is 12.1 Å². The molecule has 1 aromatic rings.